The van der Waals surface area contributed by atoms with Crippen LogP contribution in [-0.4, -0.2) is 37.8 Å². The molecule has 0 amide bonds. The van der Waals surface area contributed by atoms with Crippen molar-refractivity contribution in [3.8, 4) is 0 Å². The molecule has 102 valence electrons. The smallest absolute Gasteiger partial charge is 0.123 e. The van der Waals surface area contributed by atoms with Crippen molar-refractivity contribution < 1.29 is 8.78 Å². The first-order chi connectivity index (χ1) is 8.31. The molecule has 1 saturated heterocycles. The van der Waals surface area contributed by atoms with Crippen molar-refractivity contribution in [3.05, 3.63) is 35.6 Å². The molecule has 1 aromatic carbocycles. The second-order valence-corrected chi connectivity index (χ2v) is 4.33. The second kappa shape index (κ2) is 7.67. The molecule has 0 unspecified atom stereocenters. The van der Waals surface area contributed by atoms with E-state index < -0.39 is 0 Å². The fourth-order valence-electron chi connectivity index (χ4n) is 2.34. The van der Waals surface area contributed by atoms with Gasteiger partial charge in [0.15, 0.2) is 0 Å². The SMILES string of the molecule is Cl.FCC[C@H](c1ccc(F)cc1)N1CCNCC1. The number of nitrogens with zero attached hydrogens (tertiary/aromatic N) is 1. The first kappa shape index (κ1) is 15.3. The molecular weight excluding hydrogens is 258 g/mol. The van der Waals surface area contributed by atoms with Gasteiger partial charge in [0, 0.05) is 32.2 Å². The predicted molar refractivity (Wildman–Crippen MR) is 71.4 cm³/mol. The van der Waals surface area contributed by atoms with Gasteiger partial charge in [-0.3, -0.25) is 9.29 Å². The summed E-state index contributed by atoms with van der Waals surface area (Å²) in [5, 5.41) is 3.28. The summed E-state index contributed by atoms with van der Waals surface area (Å²) in [5.41, 5.74) is 1.01. The van der Waals surface area contributed by atoms with Gasteiger partial charge in [0.1, 0.15) is 5.82 Å². The Morgan fingerprint density at radius 1 is 1.17 bits per heavy atom. The van der Waals surface area contributed by atoms with E-state index >= 15 is 0 Å². The zero-order valence-corrected chi connectivity index (χ0v) is 11.1. The zero-order chi connectivity index (χ0) is 12.1. The van der Waals surface area contributed by atoms with Crippen LogP contribution < -0.4 is 5.32 Å². The lowest BCUT2D eigenvalue weighted by Crippen LogP contribution is -2.45. The van der Waals surface area contributed by atoms with Gasteiger partial charge in [-0.15, -0.1) is 12.4 Å². The van der Waals surface area contributed by atoms with Crippen molar-refractivity contribution >= 4 is 12.4 Å². The van der Waals surface area contributed by atoms with Gasteiger partial charge in [-0.2, -0.15) is 0 Å². The lowest BCUT2D eigenvalue weighted by Gasteiger charge is -2.34. The topological polar surface area (TPSA) is 15.3 Å². The average Bonchev–Trinajstić information content (AvgIpc) is 2.38. The largest absolute Gasteiger partial charge is 0.314 e. The number of hydrogen-bond acceptors (Lipinski definition) is 2. The van der Waals surface area contributed by atoms with Crippen LogP contribution in [0.4, 0.5) is 8.78 Å². The highest BCUT2D eigenvalue weighted by Gasteiger charge is 2.21. The van der Waals surface area contributed by atoms with Gasteiger partial charge >= 0.3 is 0 Å². The van der Waals surface area contributed by atoms with E-state index in [0.29, 0.717) is 6.42 Å². The number of hydrogen-bond donors (Lipinski definition) is 1. The normalized spacial score (nSPS) is 18.1. The maximum Gasteiger partial charge on any atom is 0.123 e. The van der Waals surface area contributed by atoms with Crippen LogP contribution in [0.3, 0.4) is 0 Å². The molecule has 0 spiro atoms. The molecule has 0 radical (unpaired) electrons. The van der Waals surface area contributed by atoms with Crippen molar-refractivity contribution in [1.82, 2.24) is 10.2 Å². The van der Waals surface area contributed by atoms with Crippen LogP contribution in [0.25, 0.3) is 0 Å². The second-order valence-electron chi connectivity index (χ2n) is 4.33. The highest BCUT2D eigenvalue weighted by molar-refractivity contribution is 5.85. The minimum Gasteiger partial charge on any atom is -0.314 e. The molecule has 1 N–H and O–H groups in total. The van der Waals surface area contributed by atoms with Gasteiger partial charge in [-0.1, -0.05) is 12.1 Å². The van der Waals surface area contributed by atoms with Gasteiger partial charge in [-0.25, -0.2) is 4.39 Å². The van der Waals surface area contributed by atoms with Gasteiger partial charge in [0.05, 0.1) is 6.67 Å². The van der Waals surface area contributed by atoms with Gasteiger partial charge in [0.25, 0.3) is 0 Å². The summed E-state index contributed by atoms with van der Waals surface area (Å²) in [6.45, 7) is 3.37. The van der Waals surface area contributed by atoms with E-state index in [-0.39, 0.29) is 30.9 Å². The molecule has 1 atom stereocenters. The third-order valence-electron chi connectivity index (χ3n) is 3.23. The highest BCUT2D eigenvalue weighted by Crippen LogP contribution is 2.24. The third kappa shape index (κ3) is 3.90. The Labute approximate surface area is 113 Å². The van der Waals surface area contributed by atoms with E-state index in [4.69, 9.17) is 0 Å². The van der Waals surface area contributed by atoms with E-state index in [2.05, 4.69) is 10.2 Å². The molecule has 0 aliphatic carbocycles. The van der Waals surface area contributed by atoms with Crippen LogP contribution in [-0.2, 0) is 0 Å². The quantitative estimate of drug-likeness (QED) is 0.909. The minimum absolute atomic E-state index is 0. The van der Waals surface area contributed by atoms with E-state index in [1.54, 1.807) is 12.1 Å². The van der Waals surface area contributed by atoms with Gasteiger partial charge in [0.2, 0.25) is 0 Å². The third-order valence-corrected chi connectivity index (χ3v) is 3.23. The Kier molecular flexibility index (Phi) is 6.54. The molecule has 1 aliphatic heterocycles. The molecule has 1 fully saturated rings. The summed E-state index contributed by atoms with van der Waals surface area (Å²) in [6, 6.07) is 6.49. The van der Waals surface area contributed by atoms with Crippen molar-refractivity contribution in [2.45, 2.75) is 12.5 Å². The van der Waals surface area contributed by atoms with Crippen molar-refractivity contribution in [3.63, 3.8) is 0 Å². The summed E-state index contributed by atoms with van der Waals surface area (Å²) >= 11 is 0. The van der Waals surface area contributed by atoms with Crippen LogP contribution in [0.15, 0.2) is 24.3 Å². The first-order valence-electron chi connectivity index (χ1n) is 6.07. The van der Waals surface area contributed by atoms with Crippen molar-refractivity contribution in [1.29, 1.82) is 0 Å². The molecule has 18 heavy (non-hydrogen) atoms. The summed E-state index contributed by atoms with van der Waals surface area (Å²) < 4.78 is 25.5. The molecule has 0 aromatic heterocycles. The van der Waals surface area contributed by atoms with E-state index in [1.165, 1.54) is 12.1 Å². The standard InChI is InChI=1S/C13H18F2N2.ClH/c14-6-5-13(17-9-7-16-8-10-17)11-1-3-12(15)4-2-11;/h1-4,13,16H,5-10H2;1H/t13-;/m1./s1. The number of piperazine rings is 1. The molecule has 2 rings (SSSR count). The van der Waals surface area contributed by atoms with E-state index in [9.17, 15) is 8.78 Å². The Morgan fingerprint density at radius 3 is 2.33 bits per heavy atom. The number of rotatable bonds is 4. The summed E-state index contributed by atoms with van der Waals surface area (Å²) in [5.74, 6) is -0.243. The predicted octanol–water partition coefficient (Wildman–Crippen LogP) is 2.55. The summed E-state index contributed by atoms with van der Waals surface area (Å²) in [6.07, 6.45) is 0.478. The molecule has 1 aromatic rings. The fraction of sp³-hybridized carbons (Fsp3) is 0.538. The van der Waals surface area contributed by atoms with Crippen LogP contribution in [0.2, 0.25) is 0 Å². The first-order valence-corrected chi connectivity index (χ1v) is 6.07. The fourth-order valence-corrected chi connectivity index (χ4v) is 2.34. The molecule has 2 nitrogen and oxygen atoms in total. The number of benzene rings is 1. The van der Waals surface area contributed by atoms with Crippen molar-refractivity contribution in [2.24, 2.45) is 0 Å². The zero-order valence-electron chi connectivity index (χ0n) is 10.2. The van der Waals surface area contributed by atoms with Crippen LogP contribution in [0.1, 0.15) is 18.0 Å². The molecule has 5 heteroatoms. The molecule has 1 heterocycles. The van der Waals surface area contributed by atoms with Crippen LogP contribution in [0, 0.1) is 5.82 Å². The van der Waals surface area contributed by atoms with Gasteiger partial charge < -0.3 is 5.32 Å². The molecule has 0 bridgehead atoms. The Bertz CT molecular complexity index is 339. The maximum atomic E-state index is 12.9. The number of halogens is 3. The monoisotopic (exact) mass is 276 g/mol. The number of nitrogens with one attached hydrogen (secondary N) is 1. The summed E-state index contributed by atoms with van der Waals surface area (Å²) in [7, 11) is 0. The molecular formula is C13H19ClF2N2. The lowest BCUT2D eigenvalue weighted by molar-refractivity contribution is 0.157. The lowest BCUT2D eigenvalue weighted by atomic mass is 10.0. The number of alkyl halides is 1. The molecule has 0 saturated carbocycles. The summed E-state index contributed by atoms with van der Waals surface area (Å²) in [4.78, 5) is 2.27. The van der Waals surface area contributed by atoms with E-state index in [0.717, 1.165) is 31.7 Å². The van der Waals surface area contributed by atoms with E-state index in [1.807, 2.05) is 0 Å². The highest BCUT2D eigenvalue weighted by atomic mass is 35.5. The molecule has 1 aliphatic rings. The average molecular weight is 277 g/mol. The van der Waals surface area contributed by atoms with Gasteiger partial charge in [-0.05, 0) is 24.1 Å². The van der Waals surface area contributed by atoms with Crippen molar-refractivity contribution in [2.75, 3.05) is 32.9 Å². The maximum absolute atomic E-state index is 12.9. The Balaban J connectivity index is 0.00000162. The van der Waals surface area contributed by atoms with Crippen LogP contribution in [0.5, 0.6) is 0 Å². The minimum atomic E-state index is -0.341. The van der Waals surface area contributed by atoms with Crippen LogP contribution >= 0.6 is 12.4 Å². The Morgan fingerprint density at radius 2 is 1.78 bits per heavy atom. The Hall–Kier alpha value is -0.710.